The minimum Gasteiger partial charge on any atom is -0.101 e. The Bertz CT molecular complexity index is 101. The third-order valence-electron chi connectivity index (χ3n) is 1.23. The highest BCUT2D eigenvalue weighted by atomic mass is 32.2. The summed E-state index contributed by atoms with van der Waals surface area (Å²) < 4.78 is 0. The van der Waals surface area contributed by atoms with Crippen molar-refractivity contribution in [2.24, 2.45) is 5.92 Å². The summed E-state index contributed by atoms with van der Waals surface area (Å²) in [5.74, 6) is 1.04. The molecule has 1 heteroatoms. The summed E-state index contributed by atoms with van der Waals surface area (Å²) in [4.78, 5) is 1.66. The van der Waals surface area contributed by atoms with E-state index in [1.54, 1.807) is 4.91 Å². The first kappa shape index (κ1) is 3.14. The molecule has 0 atom stereocenters. The quantitative estimate of drug-likeness (QED) is 0.483. The molecule has 6 heavy (non-hydrogen) atoms. The number of rotatable bonds is 1. The van der Waals surface area contributed by atoms with Crippen LogP contribution in [0.2, 0.25) is 0 Å². The van der Waals surface area contributed by atoms with Gasteiger partial charge in [0.15, 0.2) is 0 Å². The first-order chi connectivity index (χ1) is 2.97. The summed E-state index contributed by atoms with van der Waals surface area (Å²) in [5.41, 5.74) is 0. The molecule has 0 amide bonds. The van der Waals surface area contributed by atoms with Crippen molar-refractivity contribution >= 4 is 11.8 Å². The molecule has 1 saturated carbocycles. The Morgan fingerprint density at radius 3 is 2.50 bits per heavy atom. The normalized spacial score (nSPS) is 29.7. The van der Waals surface area contributed by atoms with Gasteiger partial charge >= 0.3 is 0 Å². The van der Waals surface area contributed by atoms with Crippen LogP contribution in [-0.2, 0) is 0 Å². The highest BCUT2D eigenvalue weighted by Crippen LogP contribution is 2.51. The fourth-order valence-electron chi connectivity index (χ4n) is 0.594. The molecule has 32 valence electrons. The SMILES string of the molecule is C1=C(C2CC2)S1. The summed E-state index contributed by atoms with van der Waals surface area (Å²) in [6.45, 7) is 0. The zero-order valence-corrected chi connectivity index (χ0v) is 4.29. The summed E-state index contributed by atoms with van der Waals surface area (Å²) >= 11 is 1.93. The lowest BCUT2D eigenvalue weighted by Gasteiger charge is -1.70. The maximum atomic E-state index is 2.26. The van der Waals surface area contributed by atoms with Gasteiger partial charge in [0.25, 0.3) is 0 Å². The molecule has 0 spiro atoms. The van der Waals surface area contributed by atoms with Gasteiger partial charge in [-0.2, -0.15) is 0 Å². The largest absolute Gasteiger partial charge is 0.101 e. The van der Waals surface area contributed by atoms with Gasteiger partial charge in [0, 0.05) is 0 Å². The zero-order valence-electron chi connectivity index (χ0n) is 3.48. The van der Waals surface area contributed by atoms with Crippen molar-refractivity contribution in [2.45, 2.75) is 12.8 Å². The summed E-state index contributed by atoms with van der Waals surface area (Å²) in [5, 5.41) is 2.26. The fraction of sp³-hybridized carbons (Fsp3) is 0.600. The van der Waals surface area contributed by atoms with Crippen LogP contribution in [-0.4, -0.2) is 0 Å². The van der Waals surface area contributed by atoms with E-state index in [0.717, 1.165) is 5.92 Å². The standard InChI is InChI=1S/C5H6S/c1-2-4(1)5-3-6-5/h3-4H,1-2H2. The topological polar surface area (TPSA) is 0 Å². The molecule has 2 aliphatic rings. The third-order valence-corrected chi connectivity index (χ3v) is 2.07. The Balaban J connectivity index is 2.07. The Labute approximate surface area is 41.6 Å². The van der Waals surface area contributed by atoms with Crippen molar-refractivity contribution in [3.8, 4) is 0 Å². The van der Waals surface area contributed by atoms with Crippen molar-refractivity contribution in [2.75, 3.05) is 0 Å². The highest BCUT2D eigenvalue weighted by Gasteiger charge is 2.30. The molecule has 1 fully saturated rings. The lowest BCUT2D eigenvalue weighted by molar-refractivity contribution is 1.12. The maximum absolute atomic E-state index is 2.26. The second-order valence-corrected chi connectivity index (χ2v) is 2.86. The second-order valence-electron chi connectivity index (χ2n) is 1.91. The van der Waals surface area contributed by atoms with Gasteiger partial charge in [0.2, 0.25) is 0 Å². The highest BCUT2D eigenvalue weighted by molar-refractivity contribution is 8.12. The monoisotopic (exact) mass is 98.0 g/mol. The average molecular weight is 98.2 g/mol. The smallest absolute Gasteiger partial charge is 0.00107 e. The molecule has 0 N–H and O–H groups in total. The van der Waals surface area contributed by atoms with E-state index in [-0.39, 0.29) is 0 Å². The predicted octanol–water partition coefficient (Wildman–Crippen LogP) is 1.98. The van der Waals surface area contributed by atoms with Crippen LogP contribution in [0.25, 0.3) is 0 Å². The van der Waals surface area contributed by atoms with E-state index >= 15 is 0 Å². The summed E-state index contributed by atoms with van der Waals surface area (Å²) in [6.07, 6.45) is 2.94. The molecule has 0 radical (unpaired) electrons. The molecule has 1 heterocycles. The van der Waals surface area contributed by atoms with E-state index in [0.29, 0.717) is 0 Å². The van der Waals surface area contributed by atoms with Gasteiger partial charge in [-0.1, -0.05) is 0 Å². The number of thioether (sulfide) groups is 1. The minimum atomic E-state index is 1.04. The molecule has 2 rings (SSSR count). The molecular formula is C5H6S. The van der Waals surface area contributed by atoms with E-state index in [9.17, 15) is 0 Å². The summed E-state index contributed by atoms with van der Waals surface area (Å²) in [7, 11) is 0. The van der Waals surface area contributed by atoms with Gasteiger partial charge in [-0.3, -0.25) is 0 Å². The van der Waals surface area contributed by atoms with E-state index in [1.165, 1.54) is 12.8 Å². The van der Waals surface area contributed by atoms with Gasteiger partial charge in [-0.15, -0.1) is 11.8 Å². The Hall–Kier alpha value is 0.0900. The molecule has 1 aliphatic carbocycles. The first-order valence-electron chi connectivity index (χ1n) is 2.33. The third kappa shape index (κ3) is 0.384. The van der Waals surface area contributed by atoms with E-state index in [4.69, 9.17) is 0 Å². The lowest BCUT2D eigenvalue weighted by Crippen LogP contribution is -1.56. The first-order valence-corrected chi connectivity index (χ1v) is 3.21. The van der Waals surface area contributed by atoms with Crippen LogP contribution in [0.4, 0.5) is 0 Å². The Kier molecular flexibility index (Phi) is 0.438. The van der Waals surface area contributed by atoms with Crippen molar-refractivity contribution in [1.29, 1.82) is 0 Å². The molecule has 0 aromatic carbocycles. The summed E-state index contributed by atoms with van der Waals surface area (Å²) in [6, 6.07) is 0. The lowest BCUT2D eigenvalue weighted by atomic mass is 10.4. The molecule has 0 bridgehead atoms. The van der Waals surface area contributed by atoms with Crippen LogP contribution in [0, 0.1) is 5.92 Å². The molecule has 0 aromatic rings. The van der Waals surface area contributed by atoms with Gasteiger partial charge in [0.05, 0.1) is 0 Å². The predicted molar refractivity (Wildman–Crippen MR) is 28.4 cm³/mol. The Morgan fingerprint density at radius 2 is 2.33 bits per heavy atom. The fourth-order valence-corrected chi connectivity index (χ4v) is 1.28. The van der Waals surface area contributed by atoms with Crippen LogP contribution in [0.15, 0.2) is 10.3 Å². The number of hydrogen-bond acceptors (Lipinski definition) is 1. The molecule has 0 aromatic heterocycles. The van der Waals surface area contributed by atoms with Crippen molar-refractivity contribution in [1.82, 2.24) is 0 Å². The van der Waals surface area contributed by atoms with E-state index in [2.05, 4.69) is 5.41 Å². The van der Waals surface area contributed by atoms with Gasteiger partial charge in [0.1, 0.15) is 0 Å². The van der Waals surface area contributed by atoms with Gasteiger partial charge in [-0.25, -0.2) is 0 Å². The van der Waals surface area contributed by atoms with Gasteiger partial charge < -0.3 is 0 Å². The molecule has 0 saturated heterocycles. The second kappa shape index (κ2) is 0.836. The van der Waals surface area contributed by atoms with Crippen LogP contribution in [0.3, 0.4) is 0 Å². The minimum absolute atomic E-state index is 1.04. The Morgan fingerprint density at radius 1 is 1.67 bits per heavy atom. The molecule has 1 aliphatic heterocycles. The molecule has 0 nitrogen and oxygen atoms in total. The number of allylic oxidation sites excluding steroid dienone is 1. The molecule has 0 unspecified atom stereocenters. The maximum Gasteiger partial charge on any atom is -0.00107 e. The van der Waals surface area contributed by atoms with Crippen LogP contribution >= 0.6 is 11.8 Å². The average Bonchev–Trinajstić information content (AvgIpc) is 2.26. The van der Waals surface area contributed by atoms with Crippen molar-refractivity contribution < 1.29 is 0 Å². The van der Waals surface area contributed by atoms with E-state index in [1.807, 2.05) is 11.8 Å². The van der Waals surface area contributed by atoms with Crippen molar-refractivity contribution in [3.63, 3.8) is 0 Å². The molecular weight excluding hydrogens is 92.1 g/mol. The van der Waals surface area contributed by atoms with E-state index < -0.39 is 0 Å². The van der Waals surface area contributed by atoms with Gasteiger partial charge in [-0.05, 0) is 29.1 Å². The number of hydrogen-bond donors (Lipinski definition) is 0. The zero-order chi connectivity index (χ0) is 3.98. The van der Waals surface area contributed by atoms with Crippen LogP contribution in [0.5, 0.6) is 0 Å². The van der Waals surface area contributed by atoms with Crippen molar-refractivity contribution in [3.05, 3.63) is 10.3 Å². The van der Waals surface area contributed by atoms with Crippen LogP contribution < -0.4 is 0 Å². The van der Waals surface area contributed by atoms with Crippen LogP contribution in [0.1, 0.15) is 12.8 Å².